The van der Waals surface area contributed by atoms with Gasteiger partial charge in [-0.2, -0.15) is 5.10 Å². The van der Waals surface area contributed by atoms with E-state index in [4.69, 9.17) is 4.74 Å². The van der Waals surface area contributed by atoms with Crippen LogP contribution in [0.4, 0.5) is 11.4 Å². The molecule has 0 radical (unpaired) electrons. The van der Waals surface area contributed by atoms with E-state index < -0.39 is 0 Å². The van der Waals surface area contributed by atoms with Crippen LogP contribution < -0.4 is 20.4 Å². The van der Waals surface area contributed by atoms with E-state index in [9.17, 15) is 9.59 Å². The van der Waals surface area contributed by atoms with Crippen LogP contribution in [0.3, 0.4) is 0 Å². The average molecular weight is 382 g/mol. The van der Waals surface area contributed by atoms with E-state index in [1.54, 1.807) is 30.5 Å². The van der Waals surface area contributed by atoms with E-state index in [0.29, 0.717) is 12.3 Å². The van der Waals surface area contributed by atoms with E-state index in [1.165, 1.54) is 0 Å². The molecule has 0 saturated heterocycles. The van der Waals surface area contributed by atoms with Gasteiger partial charge in [-0.15, -0.1) is 0 Å². The van der Waals surface area contributed by atoms with Crippen molar-refractivity contribution < 1.29 is 14.3 Å². The SMILES string of the molecule is CCOc1ccc(NC(=O)CCC(=O)N/N=C/c2ccc(N(C)C)cc2)cc1. The zero-order chi connectivity index (χ0) is 20.4. The van der Waals surface area contributed by atoms with Gasteiger partial charge in [-0.25, -0.2) is 5.43 Å². The van der Waals surface area contributed by atoms with Gasteiger partial charge >= 0.3 is 0 Å². The second-order valence-corrected chi connectivity index (χ2v) is 6.28. The van der Waals surface area contributed by atoms with Crippen LogP contribution in [0, 0.1) is 0 Å². The van der Waals surface area contributed by atoms with Crippen molar-refractivity contribution in [3.05, 3.63) is 54.1 Å². The number of rotatable bonds is 9. The first-order valence-electron chi connectivity index (χ1n) is 9.10. The lowest BCUT2D eigenvalue weighted by molar-refractivity contribution is -0.124. The zero-order valence-corrected chi connectivity index (χ0v) is 16.4. The Balaban J connectivity index is 1.71. The van der Waals surface area contributed by atoms with E-state index >= 15 is 0 Å². The summed E-state index contributed by atoms with van der Waals surface area (Å²) in [5.74, 6) is 0.194. The molecule has 148 valence electrons. The molecule has 0 heterocycles. The number of nitrogens with zero attached hydrogens (tertiary/aromatic N) is 2. The number of hydrazone groups is 1. The van der Waals surface area contributed by atoms with Gasteiger partial charge in [0.2, 0.25) is 11.8 Å². The first-order valence-corrected chi connectivity index (χ1v) is 9.10. The van der Waals surface area contributed by atoms with E-state index in [0.717, 1.165) is 17.0 Å². The Labute approximate surface area is 165 Å². The maximum Gasteiger partial charge on any atom is 0.240 e. The summed E-state index contributed by atoms with van der Waals surface area (Å²) in [5, 5.41) is 6.67. The Kier molecular flexibility index (Phi) is 8.02. The summed E-state index contributed by atoms with van der Waals surface area (Å²) in [4.78, 5) is 25.8. The minimum absolute atomic E-state index is 0.0553. The second-order valence-electron chi connectivity index (χ2n) is 6.28. The van der Waals surface area contributed by atoms with Crippen LogP contribution in [0.2, 0.25) is 0 Å². The molecule has 0 spiro atoms. The number of carbonyl (C=O) groups is 2. The predicted octanol–water partition coefficient (Wildman–Crippen LogP) is 3.02. The van der Waals surface area contributed by atoms with Crippen LogP contribution in [0.5, 0.6) is 5.75 Å². The Morgan fingerprint density at radius 3 is 2.25 bits per heavy atom. The normalized spacial score (nSPS) is 10.5. The van der Waals surface area contributed by atoms with Crippen molar-refractivity contribution in [2.24, 2.45) is 5.10 Å². The molecule has 0 saturated carbocycles. The summed E-state index contributed by atoms with van der Waals surface area (Å²) in [7, 11) is 3.94. The fourth-order valence-corrected chi connectivity index (χ4v) is 2.34. The molecule has 0 unspecified atom stereocenters. The van der Waals surface area contributed by atoms with Gasteiger partial charge in [0, 0.05) is 38.3 Å². The number of amides is 2. The number of hydrogen-bond donors (Lipinski definition) is 2. The van der Waals surface area contributed by atoms with Gasteiger partial charge in [0.1, 0.15) is 5.75 Å². The van der Waals surface area contributed by atoms with Crippen molar-refractivity contribution in [1.82, 2.24) is 5.43 Å². The Morgan fingerprint density at radius 2 is 1.64 bits per heavy atom. The Bertz CT molecular complexity index is 799. The summed E-state index contributed by atoms with van der Waals surface area (Å²) in [6.45, 7) is 2.50. The van der Waals surface area contributed by atoms with Gasteiger partial charge in [-0.05, 0) is 48.9 Å². The van der Waals surface area contributed by atoms with Crippen LogP contribution in [0.1, 0.15) is 25.3 Å². The van der Waals surface area contributed by atoms with Crippen molar-refractivity contribution in [2.45, 2.75) is 19.8 Å². The van der Waals surface area contributed by atoms with Gasteiger partial charge in [-0.1, -0.05) is 12.1 Å². The summed E-state index contributed by atoms with van der Waals surface area (Å²) in [6, 6.07) is 14.8. The van der Waals surface area contributed by atoms with Crippen molar-refractivity contribution in [3.8, 4) is 5.75 Å². The molecule has 0 fully saturated rings. The maximum atomic E-state index is 11.9. The molecule has 0 aliphatic carbocycles. The van der Waals surface area contributed by atoms with Crippen LogP contribution in [0.15, 0.2) is 53.6 Å². The van der Waals surface area contributed by atoms with E-state index in [2.05, 4.69) is 15.8 Å². The first kappa shape index (κ1) is 21.0. The maximum absolute atomic E-state index is 11.9. The molecule has 28 heavy (non-hydrogen) atoms. The highest BCUT2D eigenvalue weighted by molar-refractivity contribution is 5.93. The number of carbonyl (C=O) groups excluding carboxylic acids is 2. The van der Waals surface area contributed by atoms with Crippen molar-refractivity contribution >= 4 is 29.4 Å². The molecule has 0 aliphatic heterocycles. The Hall–Kier alpha value is -3.35. The number of ether oxygens (including phenoxy) is 1. The molecule has 0 atom stereocenters. The van der Waals surface area contributed by atoms with E-state index in [-0.39, 0.29) is 24.7 Å². The van der Waals surface area contributed by atoms with Gasteiger partial charge in [0.15, 0.2) is 0 Å². The quantitative estimate of drug-likeness (QED) is 0.516. The highest BCUT2D eigenvalue weighted by Gasteiger charge is 2.07. The highest BCUT2D eigenvalue weighted by atomic mass is 16.5. The largest absolute Gasteiger partial charge is 0.494 e. The van der Waals surface area contributed by atoms with E-state index in [1.807, 2.05) is 50.2 Å². The molecular formula is C21H26N4O3. The van der Waals surface area contributed by atoms with Gasteiger partial charge < -0.3 is 15.0 Å². The fraction of sp³-hybridized carbons (Fsp3) is 0.286. The lowest BCUT2D eigenvalue weighted by Crippen LogP contribution is -2.20. The molecule has 2 aromatic rings. The fourth-order valence-electron chi connectivity index (χ4n) is 2.34. The lowest BCUT2D eigenvalue weighted by atomic mass is 10.2. The smallest absolute Gasteiger partial charge is 0.240 e. The zero-order valence-electron chi connectivity index (χ0n) is 16.4. The molecule has 2 N–H and O–H groups in total. The van der Waals surface area contributed by atoms with Crippen LogP contribution in [-0.4, -0.2) is 38.7 Å². The second kappa shape index (κ2) is 10.7. The third kappa shape index (κ3) is 7.11. The minimum atomic E-state index is -0.317. The minimum Gasteiger partial charge on any atom is -0.494 e. The molecule has 2 aromatic carbocycles. The third-order valence-corrected chi connectivity index (χ3v) is 3.84. The number of benzene rings is 2. The first-order chi connectivity index (χ1) is 13.5. The third-order valence-electron chi connectivity index (χ3n) is 3.84. The molecule has 0 bridgehead atoms. The summed E-state index contributed by atoms with van der Waals surface area (Å²) in [6.07, 6.45) is 1.70. The number of nitrogens with one attached hydrogen (secondary N) is 2. The highest BCUT2D eigenvalue weighted by Crippen LogP contribution is 2.16. The average Bonchev–Trinajstić information content (AvgIpc) is 2.68. The molecule has 7 heteroatoms. The molecule has 2 amide bonds. The lowest BCUT2D eigenvalue weighted by Gasteiger charge is -2.11. The Morgan fingerprint density at radius 1 is 1.00 bits per heavy atom. The monoisotopic (exact) mass is 382 g/mol. The van der Waals surface area contributed by atoms with Gasteiger partial charge in [-0.3, -0.25) is 9.59 Å². The summed E-state index contributed by atoms with van der Waals surface area (Å²) in [5.41, 5.74) is 5.05. The van der Waals surface area contributed by atoms with Gasteiger partial charge in [0.05, 0.1) is 12.8 Å². The van der Waals surface area contributed by atoms with Crippen LogP contribution in [0.25, 0.3) is 0 Å². The number of anilines is 2. The molecule has 7 nitrogen and oxygen atoms in total. The molecule has 0 aliphatic rings. The van der Waals surface area contributed by atoms with Crippen LogP contribution >= 0.6 is 0 Å². The molecule has 2 rings (SSSR count). The predicted molar refractivity (Wildman–Crippen MR) is 112 cm³/mol. The molecular weight excluding hydrogens is 356 g/mol. The number of hydrogen-bond acceptors (Lipinski definition) is 5. The van der Waals surface area contributed by atoms with Crippen molar-refractivity contribution in [3.63, 3.8) is 0 Å². The topological polar surface area (TPSA) is 83.0 Å². The van der Waals surface area contributed by atoms with Crippen molar-refractivity contribution in [2.75, 3.05) is 30.9 Å². The molecule has 0 aromatic heterocycles. The van der Waals surface area contributed by atoms with Gasteiger partial charge in [0.25, 0.3) is 0 Å². The summed E-state index contributed by atoms with van der Waals surface area (Å²) >= 11 is 0. The van der Waals surface area contributed by atoms with Crippen LogP contribution in [-0.2, 0) is 9.59 Å². The standard InChI is InChI=1S/C21H26N4O3/c1-4-28-19-11-7-17(8-12-19)23-20(26)13-14-21(27)24-22-15-16-5-9-18(10-6-16)25(2)3/h5-12,15H,4,13-14H2,1-3H3,(H,23,26)(H,24,27)/b22-15+. The summed E-state index contributed by atoms with van der Waals surface area (Å²) < 4.78 is 5.35. The van der Waals surface area contributed by atoms with Crippen molar-refractivity contribution in [1.29, 1.82) is 0 Å².